The lowest BCUT2D eigenvalue weighted by Crippen LogP contribution is -2.48. The second-order valence-corrected chi connectivity index (χ2v) is 6.71. The Kier molecular flexibility index (Phi) is 3.60. The molecule has 0 radical (unpaired) electrons. The third-order valence-corrected chi connectivity index (χ3v) is 5.18. The van der Waals surface area contributed by atoms with Gasteiger partial charge in [0.2, 0.25) is 5.78 Å². The first-order valence-corrected chi connectivity index (χ1v) is 8.39. The van der Waals surface area contributed by atoms with E-state index in [0.29, 0.717) is 35.8 Å². The molecule has 25 heavy (non-hydrogen) atoms. The van der Waals surface area contributed by atoms with Crippen LogP contribution in [0.3, 0.4) is 0 Å². The van der Waals surface area contributed by atoms with Crippen LogP contribution in [0.5, 0.6) is 5.75 Å². The maximum atomic E-state index is 13.0. The average Bonchev–Trinajstić information content (AvgIpc) is 2.95. The minimum absolute atomic E-state index is 0.289. The predicted molar refractivity (Wildman–Crippen MR) is 97.2 cm³/mol. The van der Waals surface area contributed by atoms with Crippen LogP contribution in [0.1, 0.15) is 27.9 Å². The summed E-state index contributed by atoms with van der Waals surface area (Å²) in [6.45, 7) is 4.42. The number of hydrogen-bond acceptors (Lipinski definition) is 5. The predicted octanol–water partition coefficient (Wildman–Crippen LogP) is 3.70. The number of aliphatic hydroxyl groups is 1. The highest BCUT2D eigenvalue weighted by Crippen LogP contribution is 2.40. The lowest BCUT2D eigenvalue weighted by Gasteiger charge is -2.30. The lowest BCUT2D eigenvalue weighted by molar-refractivity contribution is 0.0602. The molecular weight excluding hydrogens is 340 g/mol. The van der Waals surface area contributed by atoms with Gasteiger partial charge in [-0.3, -0.25) is 4.79 Å². The normalized spacial score (nSPS) is 21.7. The smallest absolute Gasteiger partial charge is 0.204 e. The number of aliphatic imine (C=N–C) groups is 1. The van der Waals surface area contributed by atoms with Crippen molar-refractivity contribution in [1.82, 2.24) is 0 Å². The number of nitrogens with zero attached hydrogens (tertiary/aromatic N) is 2. The number of amidine groups is 1. The Morgan fingerprint density at radius 3 is 2.76 bits per heavy atom. The number of benzene rings is 2. The number of carbonyl (C=O) groups is 1. The maximum absolute atomic E-state index is 13.0. The van der Waals surface area contributed by atoms with E-state index < -0.39 is 5.60 Å². The molecule has 0 saturated carbocycles. The zero-order valence-corrected chi connectivity index (χ0v) is 14.7. The Morgan fingerprint density at radius 2 is 2.00 bits per heavy atom. The molecule has 0 unspecified atom stereocenters. The van der Waals surface area contributed by atoms with Crippen molar-refractivity contribution in [3.05, 3.63) is 53.1 Å². The van der Waals surface area contributed by atoms with Crippen molar-refractivity contribution in [2.75, 3.05) is 11.4 Å². The van der Waals surface area contributed by atoms with Crippen LogP contribution in [0, 0.1) is 13.8 Å². The Bertz CT molecular complexity index is 925. The molecule has 4 rings (SSSR count). The molecule has 0 spiro atoms. The number of carbonyl (C=O) groups excluding carboxylic acids is 1. The molecule has 0 bridgehead atoms. The van der Waals surface area contributed by atoms with Crippen LogP contribution in [0.15, 0.2) is 41.4 Å². The van der Waals surface area contributed by atoms with Gasteiger partial charge in [-0.05, 0) is 49.2 Å². The van der Waals surface area contributed by atoms with E-state index in [2.05, 4.69) is 4.99 Å². The van der Waals surface area contributed by atoms with Crippen molar-refractivity contribution >= 4 is 34.9 Å². The van der Waals surface area contributed by atoms with Crippen molar-refractivity contribution in [1.29, 1.82) is 0 Å². The topological polar surface area (TPSA) is 62.1 Å². The van der Waals surface area contributed by atoms with Crippen LogP contribution in [-0.4, -0.2) is 28.9 Å². The third-order valence-electron chi connectivity index (χ3n) is 5.00. The van der Waals surface area contributed by atoms with E-state index in [4.69, 9.17) is 16.2 Å². The van der Waals surface area contributed by atoms with Gasteiger partial charge in [0.1, 0.15) is 23.5 Å². The van der Waals surface area contributed by atoms with Gasteiger partial charge in [-0.25, -0.2) is 4.99 Å². The van der Waals surface area contributed by atoms with Gasteiger partial charge in [0, 0.05) is 30.3 Å². The molecule has 2 aliphatic rings. The van der Waals surface area contributed by atoms with Crippen LogP contribution >= 0.6 is 11.9 Å². The molecule has 0 aromatic heterocycles. The minimum atomic E-state index is -1.59. The summed E-state index contributed by atoms with van der Waals surface area (Å²) in [5, 5.41) is 11.1. The first kappa shape index (κ1) is 16.1. The van der Waals surface area contributed by atoms with Gasteiger partial charge in [-0.15, -0.1) is 0 Å². The van der Waals surface area contributed by atoms with Crippen molar-refractivity contribution in [3.8, 4) is 5.75 Å². The minimum Gasteiger partial charge on any atom is -0.386 e. The van der Waals surface area contributed by atoms with Crippen molar-refractivity contribution in [3.63, 3.8) is 0 Å². The highest BCUT2D eigenvalue weighted by Gasteiger charge is 2.52. The fourth-order valence-corrected chi connectivity index (χ4v) is 3.54. The van der Waals surface area contributed by atoms with Gasteiger partial charge >= 0.3 is 0 Å². The summed E-state index contributed by atoms with van der Waals surface area (Å²) in [7, 11) is 0. The van der Waals surface area contributed by atoms with Crippen LogP contribution in [0.4, 0.5) is 11.4 Å². The van der Waals surface area contributed by atoms with E-state index in [1.165, 1.54) is 0 Å². The fraction of sp³-hybridized carbons (Fsp3) is 0.263. The number of fused-ring (bicyclic) bond motifs is 2. The number of hydrogen-bond donors (Lipinski definition) is 1. The van der Waals surface area contributed by atoms with Crippen LogP contribution in [0.25, 0.3) is 0 Å². The van der Waals surface area contributed by atoms with E-state index in [-0.39, 0.29) is 5.78 Å². The van der Waals surface area contributed by atoms with Gasteiger partial charge in [0.05, 0.1) is 5.69 Å². The average molecular weight is 357 g/mol. The Labute approximate surface area is 150 Å². The van der Waals surface area contributed by atoms with Gasteiger partial charge in [0.25, 0.3) is 0 Å². The second-order valence-electron chi connectivity index (χ2n) is 6.55. The quantitative estimate of drug-likeness (QED) is 0.891. The van der Waals surface area contributed by atoms with Gasteiger partial charge < -0.3 is 14.3 Å². The standard InChI is InChI=1S/C19H17ClN2O3/c1-11-8-15-16(9-12(11)2)21-18-19(24,17(15)23)6-7-22(18)13-4-3-5-14(10-13)25-20/h3-5,8-10,24H,6-7H2,1-2H3/t19-/m1/s1. The summed E-state index contributed by atoms with van der Waals surface area (Å²) in [6.07, 6.45) is 0.295. The summed E-state index contributed by atoms with van der Waals surface area (Å²) >= 11 is 5.44. The number of Topliss-reactive ketones (excluding diaryl/α,β-unsaturated/α-hetero) is 1. The van der Waals surface area contributed by atoms with E-state index in [1.54, 1.807) is 18.2 Å². The molecule has 1 saturated heterocycles. The Balaban J connectivity index is 1.86. The first-order valence-electron chi connectivity index (χ1n) is 8.08. The van der Waals surface area contributed by atoms with Crippen LogP contribution in [-0.2, 0) is 0 Å². The summed E-state index contributed by atoms with van der Waals surface area (Å²) in [4.78, 5) is 19.5. The van der Waals surface area contributed by atoms with Crippen molar-refractivity contribution in [2.45, 2.75) is 25.9 Å². The summed E-state index contributed by atoms with van der Waals surface area (Å²) < 4.78 is 4.76. The molecule has 1 atom stereocenters. The number of ketones is 1. The zero-order chi connectivity index (χ0) is 17.8. The molecule has 2 aromatic rings. The van der Waals surface area contributed by atoms with E-state index in [0.717, 1.165) is 16.8 Å². The van der Waals surface area contributed by atoms with Crippen LogP contribution < -0.4 is 9.19 Å². The Hall–Kier alpha value is -2.37. The summed E-state index contributed by atoms with van der Waals surface area (Å²) in [5.74, 6) is 0.562. The Morgan fingerprint density at radius 1 is 1.24 bits per heavy atom. The monoisotopic (exact) mass is 356 g/mol. The van der Waals surface area contributed by atoms with E-state index in [9.17, 15) is 9.90 Å². The maximum Gasteiger partial charge on any atom is 0.204 e. The fourth-order valence-electron chi connectivity index (χ4n) is 3.45. The van der Waals surface area contributed by atoms with E-state index in [1.807, 2.05) is 36.9 Å². The molecule has 2 aliphatic heterocycles. The SMILES string of the molecule is Cc1cc2c(cc1C)C(=O)[C@]1(O)CCN(c3cccc(OCl)c3)C1=N2. The first-order chi connectivity index (χ1) is 11.9. The summed E-state index contributed by atoms with van der Waals surface area (Å²) in [5.41, 5.74) is 2.33. The van der Waals surface area contributed by atoms with Gasteiger partial charge in [-0.2, -0.15) is 0 Å². The largest absolute Gasteiger partial charge is 0.386 e. The molecule has 0 amide bonds. The molecule has 1 fully saturated rings. The molecule has 0 aliphatic carbocycles. The molecule has 1 N–H and O–H groups in total. The molecule has 128 valence electrons. The number of aryl methyl sites for hydroxylation is 2. The van der Waals surface area contributed by atoms with Crippen molar-refractivity contribution < 1.29 is 14.2 Å². The highest BCUT2D eigenvalue weighted by atomic mass is 35.5. The van der Waals surface area contributed by atoms with E-state index >= 15 is 0 Å². The summed E-state index contributed by atoms with van der Waals surface area (Å²) in [6, 6.07) is 10.9. The lowest BCUT2D eigenvalue weighted by atomic mass is 9.86. The molecular formula is C19H17ClN2O3. The number of rotatable bonds is 2. The number of halogens is 1. The van der Waals surface area contributed by atoms with Crippen LogP contribution in [0.2, 0.25) is 0 Å². The van der Waals surface area contributed by atoms with Gasteiger partial charge in [-0.1, -0.05) is 6.07 Å². The highest BCUT2D eigenvalue weighted by molar-refractivity contribution is 6.28. The molecule has 2 aromatic carbocycles. The third kappa shape index (κ3) is 2.34. The van der Waals surface area contributed by atoms with Gasteiger partial charge in [0.15, 0.2) is 5.60 Å². The second kappa shape index (κ2) is 5.58. The number of anilines is 1. The molecule has 2 heterocycles. The van der Waals surface area contributed by atoms with Crippen molar-refractivity contribution in [2.24, 2.45) is 4.99 Å². The molecule has 6 heteroatoms. The zero-order valence-electron chi connectivity index (χ0n) is 13.9. The molecule has 5 nitrogen and oxygen atoms in total.